The molecule has 0 N–H and O–H groups in total. The Labute approximate surface area is 124 Å². The van der Waals surface area contributed by atoms with Gasteiger partial charge in [-0.1, -0.05) is 25.7 Å². The summed E-state index contributed by atoms with van der Waals surface area (Å²) >= 11 is 4.59. The van der Waals surface area contributed by atoms with Crippen molar-refractivity contribution in [3.8, 4) is 0 Å². The zero-order chi connectivity index (χ0) is 14.0. The minimum Gasteiger partial charge on any atom is -0.312 e. The van der Waals surface area contributed by atoms with Crippen molar-refractivity contribution in [2.45, 2.75) is 45.1 Å². The van der Waals surface area contributed by atoms with E-state index in [-0.39, 0.29) is 11.0 Å². The summed E-state index contributed by atoms with van der Waals surface area (Å²) in [5.74, 6) is 0.851. The Balaban J connectivity index is 1.94. The Morgan fingerprint density at radius 1 is 1.20 bits per heavy atom. The molecule has 0 bridgehead atoms. The first-order valence-corrected chi connectivity index (χ1v) is 8.01. The molecule has 1 aliphatic carbocycles. The summed E-state index contributed by atoms with van der Waals surface area (Å²) in [7, 11) is 0. The largest absolute Gasteiger partial charge is 0.312 e. The fourth-order valence-corrected chi connectivity index (χ4v) is 3.71. The monoisotopic (exact) mass is 291 g/mol. The van der Waals surface area contributed by atoms with E-state index >= 15 is 0 Å². The van der Waals surface area contributed by atoms with Crippen LogP contribution in [0.2, 0.25) is 0 Å². The SMILES string of the molecule is O=c1c2ccnn2ccn1CC1(CS)CCCCCC1. The summed E-state index contributed by atoms with van der Waals surface area (Å²) < 4.78 is 3.48. The van der Waals surface area contributed by atoms with Crippen molar-refractivity contribution in [2.24, 2.45) is 5.41 Å². The van der Waals surface area contributed by atoms with E-state index in [2.05, 4.69) is 17.7 Å². The minimum atomic E-state index is 0.0513. The summed E-state index contributed by atoms with van der Waals surface area (Å²) in [6.07, 6.45) is 12.9. The lowest BCUT2D eigenvalue weighted by Crippen LogP contribution is -2.34. The zero-order valence-corrected chi connectivity index (χ0v) is 12.6. The maximum atomic E-state index is 12.5. The molecule has 2 heterocycles. The van der Waals surface area contributed by atoms with Gasteiger partial charge in [0.25, 0.3) is 5.56 Å². The van der Waals surface area contributed by atoms with Crippen LogP contribution in [0.3, 0.4) is 0 Å². The van der Waals surface area contributed by atoms with Crippen LogP contribution in [0.5, 0.6) is 0 Å². The molecular weight excluding hydrogens is 270 g/mol. The van der Waals surface area contributed by atoms with E-state index in [9.17, 15) is 4.79 Å². The Morgan fingerprint density at radius 2 is 1.95 bits per heavy atom. The van der Waals surface area contributed by atoms with Crippen molar-refractivity contribution in [2.75, 3.05) is 5.75 Å². The molecule has 2 aromatic rings. The second-order valence-corrected chi connectivity index (χ2v) is 6.28. The molecule has 0 aromatic carbocycles. The third-order valence-corrected chi connectivity index (χ3v) is 5.21. The average molecular weight is 291 g/mol. The van der Waals surface area contributed by atoms with Crippen LogP contribution in [0.25, 0.3) is 5.52 Å². The molecule has 0 unspecified atom stereocenters. The van der Waals surface area contributed by atoms with Gasteiger partial charge in [0.1, 0.15) is 5.52 Å². The van der Waals surface area contributed by atoms with Gasteiger partial charge in [0, 0.05) is 18.9 Å². The molecule has 2 aromatic heterocycles. The van der Waals surface area contributed by atoms with Crippen molar-refractivity contribution < 1.29 is 0 Å². The number of rotatable bonds is 3. The fourth-order valence-electron chi connectivity index (χ4n) is 3.29. The summed E-state index contributed by atoms with van der Waals surface area (Å²) in [5.41, 5.74) is 0.868. The Morgan fingerprint density at radius 3 is 2.65 bits per heavy atom. The van der Waals surface area contributed by atoms with Crippen molar-refractivity contribution in [3.63, 3.8) is 0 Å². The second kappa shape index (κ2) is 5.64. The third kappa shape index (κ3) is 2.51. The third-order valence-electron chi connectivity index (χ3n) is 4.54. The maximum absolute atomic E-state index is 12.5. The first kappa shape index (κ1) is 13.7. The lowest BCUT2D eigenvalue weighted by atomic mass is 9.82. The number of hydrogen-bond acceptors (Lipinski definition) is 3. The number of thiol groups is 1. The van der Waals surface area contributed by atoms with Crippen LogP contribution >= 0.6 is 12.6 Å². The molecular formula is C15H21N3OS. The summed E-state index contributed by atoms with van der Waals surface area (Å²) in [6.45, 7) is 0.775. The molecule has 0 spiro atoms. The predicted molar refractivity (Wildman–Crippen MR) is 83.4 cm³/mol. The van der Waals surface area contributed by atoms with E-state index in [1.165, 1.54) is 38.5 Å². The quantitative estimate of drug-likeness (QED) is 0.697. The van der Waals surface area contributed by atoms with E-state index in [1.54, 1.807) is 16.8 Å². The smallest absolute Gasteiger partial charge is 0.276 e. The molecule has 5 heteroatoms. The van der Waals surface area contributed by atoms with E-state index in [0.717, 1.165) is 12.3 Å². The highest BCUT2D eigenvalue weighted by atomic mass is 32.1. The van der Waals surface area contributed by atoms with Gasteiger partial charge in [-0.25, -0.2) is 4.52 Å². The normalized spacial score (nSPS) is 19.1. The highest BCUT2D eigenvalue weighted by Gasteiger charge is 2.30. The van der Waals surface area contributed by atoms with Crippen LogP contribution < -0.4 is 5.56 Å². The van der Waals surface area contributed by atoms with Gasteiger partial charge in [-0.3, -0.25) is 4.79 Å². The zero-order valence-electron chi connectivity index (χ0n) is 11.7. The molecule has 0 amide bonds. The van der Waals surface area contributed by atoms with E-state index in [0.29, 0.717) is 5.52 Å². The molecule has 0 aliphatic heterocycles. The first-order chi connectivity index (χ1) is 9.74. The van der Waals surface area contributed by atoms with Crippen molar-refractivity contribution >= 4 is 18.1 Å². The average Bonchev–Trinajstić information content (AvgIpc) is 2.83. The number of fused-ring (bicyclic) bond motifs is 1. The van der Waals surface area contributed by atoms with Crippen molar-refractivity contribution in [3.05, 3.63) is 35.0 Å². The first-order valence-electron chi connectivity index (χ1n) is 7.38. The molecule has 1 saturated carbocycles. The number of hydrogen-bond donors (Lipinski definition) is 1. The molecule has 4 nitrogen and oxygen atoms in total. The number of nitrogens with zero attached hydrogens (tertiary/aromatic N) is 3. The van der Waals surface area contributed by atoms with Crippen molar-refractivity contribution in [1.82, 2.24) is 14.2 Å². The Bertz CT molecular complexity index is 638. The summed E-state index contributed by atoms with van der Waals surface area (Å²) in [5, 5.41) is 4.11. The van der Waals surface area contributed by atoms with Gasteiger partial charge in [-0.2, -0.15) is 17.7 Å². The van der Waals surface area contributed by atoms with Gasteiger partial charge in [-0.15, -0.1) is 0 Å². The minimum absolute atomic E-state index is 0.0513. The predicted octanol–water partition coefficient (Wildman–Crippen LogP) is 2.77. The van der Waals surface area contributed by atoms with Crippen molar-refractivity contribution in [1.29, 1.82) is 0 Å². The van der Waals surface area contributed by atoms with Gasteiger partial charge in [0.15, 0.2) is 0 Å². The van der Waals surface area contributed by atoms with Crippen LogP contribution in [-0.4, -0.2) is 19.9 Å². The van der Waals surface area contributed by atoms with Gasteiger partial charge < -0.3 is 4.57 Å². The van der Waals surface area contributed by atoms with E-state index in [1.807, 2.05) is 17.0 Å². The Kier molecular flexibility index (Phi) is 3.87. The summed E-state index contributed by atoms with van der Waals surface area (Å²) in [6, 6.07) is 1.78. The molecule has 20 heavy (non-hydrogen) atoms. The van der Waals surface area contributed by atoms with Crippen LogP contribution in [0.1, 0.15) is 38.5 Å². The molecule has 1 fully saturated rings. The molecule has 0 saturated heterocycles. The van der Waals surface area contributed by atoms with E-state index < -0.39 is 0 Å². The highest BCUT2D eigenvalue weighted by molar-refractivity contribution is 7.80. The Hall–Kier alpha value is -1.23. The second-order valence-electron chi connectivity index (χ2n) is 5.96. The van der Waals surface area contributed by atoms with Gasteiger partial charge in [-0.05, 0) is 30.1 Å². The lowest BCUT2D eigenvalue weighted by molar-refractivity contribution is 0.238. The van der Waals surface area contributed by atoms with Gasteiger partial charge in [0.05, 0.1) is 6.20 Å². The molecule has 0 radical (unpaired) electrons. The fraction of sp³-hybridized carbons (Fsp3) is 0.600. The lowest BCUT2D eigenvalue weighted by Gasteiger charge is -2.31. The molecule has 0 atom stereocenters. The van der Waals surface area contributed by atoms with Crippen LogP contribution in [0.15, 0.2) is 29.5 Å². The maximum Gasteiger partial charge on any atom is 0.276 e. The molecule has 1 aliphatic rings. The molecule has 108 valence electrons. The summed E-state index contributed by atoms with van der Waals surface area (Å²) in [4.78, 5) is 12.5. The van der Waals surface area contributed by atoms with E-state index in [4.69, 9.17) is 0 Å². The molecule has 3 rings (SSSR count). The van der Waals surface area contributed by atoms with Crippen LogP contribution in [-0.2, 0) is 6.54 Å². The van der Waals surface area contributed by atoms with Gasteiger partial charge >= 0.3 is 0 Å². The van der Waals surface area contributed by atoms with Gasteiger partial charge in [0.2, 0.25) is 0 Å². The standard InChI is InChI=1S/C15H21N3OS/c19-14-13-5-8-16-18(13)10-9-17(14)11-15(12-20)6-3-1-2-4-7-15/h5,8-10,20H,1-4,6-7,11-12H2. The number of aromatic nitrogens is 3. The topological polar surface area (TPSA) is 39.3 Å². The van der Waals surface area contributed by atoms with Crippen LogP contribution in [0.4, 0.5) is 0 Å². The highest BCUT2D eigenvalue weighted by Crippen LogP contribution is 2.37. The van der Waals surface area contributed by atoms with Crippen LogP contribution in [0, 0.1) is 5.41 Å².